The van der Waals surface area contributed by atoms with Crippen LogP contribution in [0.15, 0.2) is 23.1 Å². The maximum Gasteiger partial charge on any atom is 0.244 e. The van der Waals surface area contributed by atoms with Crippen LogP contribution in [0.4, 0.5) is 0 Å². The summed E-state index contributed by atoms with van der Waals surface area (Å²) in [6.45, 7) is 5.21. The quantitative estimate of drug-likeness (QED) is 0.833. The third-order valence-electron chi connectivity index (χ3n) is 3.35. The summed E-state index contributed by atoms with van der Waals surface area (Å²) >= 11 is 11.9. The van der Waals surface area contributed by atoms with E-state index < -0.39 is 10.0 Å². The normalized spacial score (nSPS) is 25.5. The number of rotatable bonds is 2. The van der Waals surface area contributed by atoms with Crippen LogP contribution in [0.25, 0.3) is 0 Å². The Morgan fingerprint density at radius 2 is 1.74 bits per heavy atom. The van der Waals surface area contributed by atoms with Crippen LogP contribution in [0.1, 0.15) is 20.3 Å². The number of hydrogen-bond acceptors (Lipinski definition) is 2. The maximum atomic E-state index is 12.6. The van der Waals surface area contributed by atoms with Gasteiger partial charge in [0.25, 0.3) is 0 Å². The fourth-order valence-electron chi connectivity index (χ4n) is 2.62. The Morgan fingerprint density at radius 3 is 2.32 bits per heavy atom. The van der Waals surface area contributed by atoms with Gasteiger partial charge in [-0.3, -0.25) is 0 Å². The van der Waals surface area contributed by atoms with Gasteiger partial charge in [-0.05, 0) is 36.5 Å². The zero-order valence-corrected chi connectivity index (χ0v) is 13.3. The molecule has 0 N–H and O–H groups in total. The van der Waals surface area contributed by atoms with Crippen LogP contribution in [0, 0.1) is 11.8 Å². The molecule has 1 heterocycles. The summed E-state index contributed by atoms with van der Waals surface area (Å²) in [4.78, 5) is 0.1000. The Bertz CT molecular complexity index is 564. The van der Waals surface area contributed by atoms with Gasteiger partial charge in [0.15, 0.2) is 0 Å². The van der Waals surface area contributed by atoms with E-state index in [4.69, 9.17) is 23.2 Å². The van der Waals surface area contributed by atoms with Gasteiger partial charge in [0.05, 0.1) is 5.02 Å². The lowest BCUT2D eigenvalue weighted by Crippen LogP contribution is -2.42. The molecule has 1 aromatic carbocycles. The molecule has 2 rings (SSSR count). The third-order valence-corrected chi connectivity index (χ3v) is 5.89. The summed E-state index contributed by atoms with van der Waals surface area (Å²) in [6, 6.07) is 4.53. The van der Waals surface area contributed by atoms with E-state index in [1.54, 1.807) is 6.07 Å². The maximum absolute atomic E-state index is 12.6. The molecule has 0 bridgehead atoms. The topological polar surface area (TPSA) is 37.4 Å². The minimum atomic E-state index is -3.56. The molecule has 0 aromatic heterocycles. The Morgan fingerprint density at radius 1 is 1.16 bits per heavy atom. The number of halogens is 2. The highest BCUT2D eigenvalue weighted by atomic mass is 35.5. The van der Waals surface area contributed by atoms with Gasteiger partial charge < -0.3 is 0 Å². The van der Waals surface area contributed by atoms with Crippen LogP contribution in [0.2, 0.25) is 10.0 Å². The predicted octanol–water partition coefficient (Wildman–Crippen LogP) is 3.66. The second kappa shape index (κ2) is 5.60. The summed E-state index contributed by atoms with van der Waals surface area (Å²) in [5, 5.41) is 0.594. The summed E-state index contributed by atoms with van der Waals surface area (Å²) < 4.78 is 26.8. The first-order chi connectivity index (χ1) is 8.80. The summed E-state index contributed by atoms with van der Waals surface area (Å²) in [7, 11) is -3.56. The summed E-state index contributed by atoms with van der Waals surface area (Å²) in [5.74, 6) is 0.716. The Kier molecular flexibility index (Phi) is 4.45. The number of piperidine rings is 1. The molecule has 0 radical (unpaired) electrons. The van der Waals surface area contributed by atoms with E-state index in [0.717, 1.165) is 6.42 Å². The molecule has 0 spiro atoms. The minimum Gasteiger partial charge on any atom is -0.207 e. The molecule has 1 saturated heterocycles. The SMILES string of the molecule is C[C@@H]1C[C@@H](C)CN(S(=O)(=O)c2cc(Cl)ccc2Cl)C1. The lowest BCUT2D eigenvalue weighted by molar-refractivity contribution is 0.222. The molecule has 19 heavy (non-hydrogen) atoms. The molecule has 3 nitrogen and oxygen atoms in total. The summed E-state index contributed by atoms with van der Waals surface area (Å²) in [5.41, 5.74) is 0. The van der Waals surface area contributed by atoms with Gasteiger partial charge in [-0.15, -0.1) is 0 Å². The van der Waals surface area contributed by atoms with Gasteiger partial charge in [0, 0.05) is 18.1 Å². The highest BCUT2D eigenvalue weighted by Gasteiger charge is 2.32. The van der Waals surface area contributed by atoms with Crippen LogP contribution in [0.5, 0.6) is 0 Å². The lowest BCUT2D eigenvalue weighted by atomic mass is 9.94. The Balaban J connectivity index is 2.39. The molecule has 0 unspecified atom stereocenters. The van der Waals surface area contributed by atoms with Gasteiger partial charge in [0.1, 0.15) is 4.90 Å². The van der Waals surface area contributed by atoms with Crippen molar-refractivity contribution in [2.75, 3.05) is 13.1 Å². The Labute approximate surface area is 124 Å². The summed E-state index contributed by atoms with van der Waals surface area (Å²) in [6.07, 6.45) is 1.05. The molecule has 106 valence electrons. The smallest absolute Gasteiger partial charge is 0.207 e. The van der Waals surface area contributed by atoms with Crippen molar-refractivity contribution < 1.29 is 8.42 Å². The van der Waals surface area contributed by atoms with Crippen molar-refractivity contribution in [3.8, 4) is 0 Å². The molecule has 1 aliphatic heterocycles. The van der Waals surface area contributed by atoms with Gasteiger partial charge in [-0.25, -0.2) is 8.42 Å². The van der Waals surface area contributed by atoms with Crippen LogP contribution in [0.3, 0.4) is 0 Å². The monoisotopic (exact) mass is 321 g/mol. The fraction of sp³-hybridized carbons (Fsp3) is 0.538. The molecule has 1 fully saturated rings. The van der Waals surface area contributed by atoms with Crippen molar-refractivity contribution in [2.45, 2.75) is 25.2 Å². The highest BCUT2D eigenvalue weighted by Crippen LogP contribution is 2.31. The first-order valence-electron chi connectivity index (χ1n) is 6.26. The van der Waals surface area contributed by atoms with Gasteiger partial charge in [-0.1, -0.05) is 37.0 Å². The second-order valence-corrected chi connectivity index (χ2v) is 8.09. The second-order valence-electron chi connectivity index (χ2n) is 5.34. The fourth-order valence-corrected chi connectivity index (χ4v) is 5.03. The van der Waals surface area contributed by atoms with Crippen LogP contribution in [-0.2, 0) is 10.0 Å². The first-order valence-corrected chi connectivity index (χ1v) is 8.45. The van der Waals surface area contributed by atoms with Gasteiger partial charge >= 0.3 is 0 Å². The zero-order chi connectivity index (χ0) is 14.2. The van der Waals surface area contributed by atoms with E-state index in [-0.39, 0.29) is 9.92 Å². The van der Waals surface area contributed by atoms with Crippen molar-refractivity contribution in [1.82, 2.24) is 4.31 Å². The number of sulfonamides is 1. The minimum absolute atomic E-state index is 0.1000. The molecule has 6 heteroatoms. The standard InChI is InChI=1S/C13H17Cl2NO2S/c1-9-5-10(2)8-16(7-9)19(17,18)13-6-11(14)3-4-12(13)15/h3-4,6,9-10H,5,7-8H2,1-2H3/t9-,10-/m1/s1. The number of nitrogens with zero attached hydrogens (tertiary/aromatic N) is 1. The molecule has 1 aromatic rings. The van der Waals surface area contributed by atoms with E-state index >= 15 is 0 Å². The average molecular weight is 322 g/mol. The van der Waals surface area contributed by atoms with E-state index in [2.05, 4.69) is 13.8 Å². The van der Waals surface area contributed by atoms with Crippen molar-refractivity contribution in [1.29, 1.82) is 0 Å². The number of benzene rings is 1. The lowest BCUT2D eigenvalue weighted by Gasteiger charge is -2.34. The molecular formula is C13H17Cl2NO2S. The first kappa shape index (κ1) is 15.1. The van der Waals surface area contributed by atoms with Crippen molar-refractivity contribution >= 4 is 33.2 Å². The third kappa shape index (κ3) is 3.24. The average Bonchev–Trinajstić information content (AvgIpc) is 2.31. The van der Waals surface area contributed by atoms with E-state index in [9.17, 15) is 8.42 Å². The van der Waals surface area contributed by atoms with Crippen LogP contribution < -0.4 is 0 Å². The van der Waals surface area contributed by atoms with Crippen molar-refractivity contribution in [2.24, 2.45) is 11.8 Å². The van der Waals surface area contributed by atoms with Gasteiger partial charge in [0.2, 0.25) is 10.0 Å². The molecule has 2 atom stereocenters. The van der Waals surface area contributed by atoms with Crippen LogP contribution in [-0.4, -0.2) is 25.8 Å². The molecule has 0 amide bonds. The molecule has 0 saturated carbocycles. The van der Waals surface area contributed by atoms with E-state index in [1.165, 1.54) is 16.4 Å². The largest absolute Gasteiger partial charge is 0.244 e. The van der Waals surface area contributed by atoms with Gasteiger partial charge in [-0.2, -0.15) is 4.31 Å². The number of hydrogen-bond donors (Lipinski definition) is 0. The van der Waals surface area contributed by atoms with Crippen molar-refractivity contribution in [3.05, 3.63) is 28.2 Å². The molecular weight excluding hydrogens is 305 g/mol. The van der Waals surface area contributed by atoms with E-state index in [1.807, 2.05) is 0 Å². The Hall–Kier alpha value is -0.290. The molecule has 0 aliphatic carbocycles. The van der Waals surface area contributed by atoms with E-state index in [0.29, 0.717) is 29.9 Å². The van der Waals surface area contributed by atoms with Crippen molar-refractivity contribution in [3.63, 3.8) is 0 Å². The molecule has 1 aliphatic rings. The highest BCUT2D eigenvalue weighted by molar-refractivity contribution is 7.89. The zero-order valence-electron chi connectivity index (χ0n) is 10.9. The van der Waals surface area contributed by atoms with Crippen LogP contribution >= 0.6 is 23.2 Å². The predicted molar refractivity (Wildman–Crippen MR) is 78.2 cm³/mol.